The van der Waals surface area contributed by atoms with Gasteiger partial charge in [0.25, 0.3) is 0 Å². The second-order valence-electron chi connectivity index (χ2n) is 18.2. The minimum Gasteiger partial charge on any atom is -0.340 e. The van der Waals surface area contributed by atoms with E-state index in [1.807, 2.05) is 11.9 Å². The van der Waals surface area contributed by atoms with Crippen molar-refractivity contribution < 1.29 is 0 Å². The van der Waals surface area contributed by atoms with Crippen molar-refractivity contribution in [1.29, 1.82) is 0 Å². The SMILES string of the molecule is CC1CC(c2ccccc2)C=CC=C1N1Sc2cccc3cccc(c23)C(C)(C)CCN(C2=CCCC(c3ccccc3)=CC=C2)c2cc(-c3ccccc3)c(-c3ccccc3)cc21. The number of allylic oxidation sites excluding steroid dienone is 9. The lowest BCUT2D eigenvalue weighted by Gasteiger charge is -2.37. The molecular weight excluding hydrogens is 793 g/mol. The third-order valence-corrected chi connectivity index (χ3v) is 14.6. The quantitative estimate of drug-likeness (QED) is 0.154. The Morgan fingerprint density at radius 1 is 0.625 bits per heavy atom. The molecule has 64 heavy (non-hydrogen) atoms. The first-order chi connectivity index (χ1) is 31.4. The fraction of sp³-hybridized carbons (Fsp3) is 0.180. The highest BCUT2D eigenvalue weighted by Gasteiger charge is 2.33. The largest absolute Gasteiger partial charge is 0.340 e. The lowest BCUT2D eigenvalue weighted by Crippen LogP contribution is -2.31. The molecule has 2 atom stereocenters. The van der Waals surface area contributed by atoms with E-state index in [2.05, 4.69) is 242 Å². The molecule has 3 aliphatic rings. The maximum Gasteiger partial charge on any atom is 0.0768 e. The van der Waals surface area contributed by atoms with Gasteiger partial charge in [0.2, 0.25) is 0 Å². The summed E-state index contributed by atoms with van der Waals surface area (Å²) in [5.41, 5.74) is 15.1. The van der Waals surface area contributed by atoms with Crippen LogP contribution < -0.4 is 9.21 Å². The first kappa shape index (κ1) is 41.5. The Kier molecular flexibility index (Phi) is 11.8. The zero-order valence-electron chi connectivity index (χ0n) is 37.2. The topological polar surface area (TPSA) is 6.48 Å². The number of nitrogens with zero attached hydrogens (tertiary/aromatic N) is 2. The van der Waals surface area contributed by atoms with E-state index >= 15 is 0 Å². The Labute approximate surface area is 384 Å². The number of anilines is 2. The van der Waals surface area contributed by atoms with Gasteiger partial charge in [0.15, 0.2) is 0 Å². The van der Waals surface area contributed by atoms with Crippen LogP contribution in [0, 0.1) is 5.92 Å². The molecule has 316 valence electrons. The number of rotatable bonds is 6. The molecule has 0 spiro atoms. The predicted molar refractivity (Wildman–Crippen MR) is 276 cm³/mol. The van der Waals surface area contributed by atoms with E-state index in [0.717, 1.165) is 32.2 Å². The van der Waals surface area contributed by atoms with E-state index in [1.165, 1.54) is 83.0 Å². The average molecular weight is 849 g/mol. The summed E-state index contributed by atoms with van der Waals surface area (Å²) in [6, 6.07) is 62.8. The number of hydrogen-bond donors (Lipinski definition) is 0. The summed E-state index contributed by atoms with van der Waals surface area (Å²) >= 11 is 1.89. The van der Waals surface area contributed by atoms with Crippen LogP contribution >= 0.6 is 11.9 Å². The van der Waals surface area contributed by atoms with Gasteiger partial charge in [0.1, 0.15) is 0 Å². The van der Waals surface area contributed by atoms with Crippen LogP contribution in [0.3, 0.4) is 0 Å². The zero-order chi connectivity index (χ0) is 43.5. The van der Waals surface area contributed by atoms with Crippen molar-refractivity contribution >= 4 is 39.7 Å². The highest BCUT2D eigenvalue weighted by Crippen LogP contribution is 2.51. The Hall–Kier alpha value is -6.55. The van der Waals surface area contributed by atoms with Gasteiger partial charge in [-0.3, -0.25) is 4.31 Å². The van der Waals surface area contributed by atoms with Crippen molar-refractivity contribution in [2.75, 3.05) is 15.7 Å². The molecule has 0 amide bonds. The third kappa shape index (κ3) is 8.45. The van der Waals surface area contributed by atoms with Crippen molar-refractivity contribution in [1.82, 2.24) is 0 Å². The Balaban J connectivity index is 1.23. The second-order valence-corrected chi connectivity index (χ2v) is 19.2. The highest BCUT2D eigenvalue weighted by atomic mass is 32.2. The Morgan fingerprint density at radius 3 is 1.94 bits per heavy atom. The van der Waals surface area contributed by atoms with Gasteiger partial charge in [0, 0.05) is 34.1 Å². The molecule has 10 rings (SSSR count). The summed E-state index contributed by atoms with van der Waals surface area (Å²) in [6.45, 7) is 8.18. The van der Waals surface area contributed by atoms with Crippen LogP contribution in [-0.2, 0) is 5.41 Å². The van der Waals surface area contributed by atoms with Gasteiger partial charge in [-0.25, -0.2) is 0 Å². The Bertz CT molecular complexity index is 2920. The second kappa shape index (κ2) is 18.3. The van der Waals surface area contributed by atoms with E-state index in [0.29, 0.717) is 5.92 Å². The molecule has 0 bridgehead atoms. The van der Waals surface area contributed by atoms with Gasteiger partial charge in [-0.2, -0.15) is 0 Å². The first-order valence-electron chi connectivity index (χ1n) is 23.0. The fourth-order valence-corrected chi connectivity index (χ4v) is 11.2. The minimum absolute atomic E-state index is 0.122. The van der Waals surface area contributed by atoms with Crippen LogP contribution in [0.5, 0.6) is 0 Å². The normalized spacial score (nSPS) is 18.7. The summed E-state index contributed by atoms with van der Waals surface area (Å²) in [7, 11) is 0. The van der Waals surface area contributed by atoms with Crippen LogP contribution in [-0.4, -0.2) is 6.54 Å². The summed E-state index contributed by atoms with van der Waals surface area (Å²) < 4.78 is 2.62. The predicted octanol–water partition coefficient (Wildman–Crippen LogP) is 16.8. The molecule has 0 saturated carbocycles. The van der Waals surface area contributed by atoms with Crippen molar-refractivity contribution in [2.24, 2.45) is 5.92 Å². The number of hydrogen-bond acceptors (Lipinski definition) is 3. The van der Waals surface area contributed by atoms with E-state index in [-0.39, 0.29) is 11.3 Å². The summed E-state index contributed by atoms with van der Waals surface area (Å²) in [5.74, 6) is 0.570. The molecule has 3 heteroatoms. The first-order valence-corrected chi connectivity index (χ1v) is 23.8. The molecule has 1 heterocycles. The maximum atomic E-state index is 2.66. The van der Waals surface area contributed by atoms with Crippen molar-refractivity contribution in [2.45, 2.75) is 62.7 Å². The molecule has 0 fully saturated rings. The van der Waals surface area contributed by atoms with Gasteiger partial charge in [0.05, 0.1) is 11.4 Å². The van der Waals surface area contributed by atoms with Crippen molar-refractivity contribution in [3.05, 3.63) is 240 Å². The van der Waals surface area contributed by atoms with Crippen LogP contribution in [0.4, 0.5) is 11.4 Å². The van der Waals surface area contributed by atoms with Gasteiger partial charge in [-0.1, -0.05) is 203 Å². The van der Waals surface area contributed by atoms with Gasteiger partial charge >= 0.3 is 0 Å². The summed E-state index contributed by atoms with van der Waals surface area (Å²) in [5, 5.41) is 2.64. The van der Waals surface area contributed by atoms with Gasteiger partial charge in [-0.15, -0.1) is 0 Å². The Morgan fingerprint density at radius 2 is 1.25 bits per heavy atom. The van der Waals surface area contributed by atoms with E-state index in [4.69, 9.17) is 0 Å². The lowest BCUT2D eigenvalue weighted by molar-refractivity contribution is 0.487. The van der Waals surface area contributed by atoms with E-state index in [9.17, 15) is 0 Å². The van der Waals surface area contributed by atoms with Crippen LogP contribution in [0.25, 0.3) is 38.6 Å². The van der Waals surface area contributed by atoms with Crippen LogP contribution in [0.2, 0.25) is 0 Å². The molecule has 1 aliphatic heterocycles. The molecule has 0 radical (unpaired) electrons. The van der Waals surface area contributed by atoms with E-state index in [1.54, 1.807) is 0 Å². The minimum atomic E-state index is -0.122. The molecule has 2 unspecified atom stereocenters. The molecule has 2 nitrogen and oxygen atoms in total. The van der Waals surface area contributed by atoms with Crippen molar-refractivity contribution in [3.63, 3.8) is 0 Å². The molecule has 0 N–H and O–H groups in total. The van der Waals surface area contributed by atoms with Crippen LogP contribution in [0.15, 0.2) is 229 Å². The zero-order valence-corrected chi connectivity index (χ0v) is 38.0. The molecule has 0 aromatic heterocycles. The molecule has 2 aliphatic carbocycles. The number of benzene rings is 7. The fourth-order valence-electron chi connectivity index (χ4n) is 10.0. The third-order valence-electron chi connectivity index (χ3n) is 13.5. The average Bonchev–Trinajstić information content (AvgIpc) is 3.53. The smallest absolute Gasteiger partial charge is 0.0768 e. The number of fused-ring (bicyclic) bond motifs is 1. The van der Waals surface area contributed by atoms with Gasteiger partial charge in [-0.05, 0) is 129 Å². The summed E-state index contributed by atoms with van der Waals surface area (Å²) in [4.78, 5) is 3.93. The van der Waals surface area contributed by atoms with E-state index < -0.39 is 0 Å². The molecular formula is C61H56N2S. The van der Waals surface area contributed by atoms with Gasteiger partial charge < -0.3 is 4.90 Å². The van der Waals surface area contributed by atoms with Crippen molar-refractivity contribution in [3.8, 4) is 22.3 Å². The molecule has 0 saturated heterocycles. The standard InChI is InChI=1S/C61H56N2S/c1-44-41-51(47-23-10-5-11-24-47)33-19-37-56(44)63-58-43-54(49-27-14-7-15-28-49)53(48-25-12-6-13-26-48)42-57(58)62(52-34-16-29-46(30-17-35-52)45-21-8-4-9-22-45)40-39-61(2,3)55-36-18-31-50-32-20-38-59(64-63)60(50)55/h4-16,18-29,31-38,42-44,51H,17,30,39-41H2,1-3H3. The molecule has 7 aromatic carbocycles. The highest BCUT2D eigenvalue weighted by molar-refractivity contribution is 8.01. The maximum absolute atomic E-state index is 2.66. The summed E-state index contributed by atoms with van der Waals surface area (Å²) in [6.07, 6.45) is 20.5. The lowest BCUT2D eigenvalue weighted by atomic mass is 9.79. The van der Waals surface area contributed by atoms with Crippen LogP contribution in [0.1, 0.15) is 69.1 Å². The monoisotopic (exact) mass is 848 g/mol. The molecule has 7 aromatic rings.